The van der Waals surface area contributed by atoms with Gasteiger partial charge in [-0.3, -0.25) is 14.4 Å². The molecule has 172 valence electrons. The number of aliphatic hydroxyl groups is 1. The Hall–Kier alpha value is -2.83. The Morgan fingerprint density at radius 1 is 1.00 bits per heavy atom. The number of phenolic OH excluding ortho intramolecular Hbond substituents is 1. The molecule has 0 heterocycles. The van der Waals surface area contributed by atoms with Gasteiger partial charge in [-0.15, -0.1) is 0 Å². The number of hydrogen-bond donors (Lipinski definition) is 7. The Bertz CT molecular complexity index is 760. The summed E-state index contributed by atoms with van der Waals surface area (Å²) in [5.74, 6) is -2.94. The number of aromatic hydroxyl groups is 1. The molecular weight excluding hydrogens is 428 g/mol. The zero-order valence-electron chi connectivity index (χ0n) is 17.0. The molecule has 0 radical (unpaired) electrons. The number of carboxylic acids is 1. The molecule has 0 aliphatic rings. The fourth-order valence-corrected chi connectivity index (χ4v) is 3.03. The molecule has 0 fully saturated rings. The predicted octanol–water partition coefficient (Wildman–Crippen LogP) is -1.82. The van der Waals surface area contributed by atoms with E-state index in [0.29, 0.717) is 11.3 Å². The van der Waals surface area contributed by atoms with E-state index in [-0.39, 0.29) is 25.1 Å². The zero-order chi connectivity index (χ0) is 23.4. The Labute approximate surface area is 183 Å². The Balaban J connectivity index is 2.88. The number of aliphatic hydroxyl groups excluding tert-OH is 1. The maximum Gasteiger partial charge on any atom is 0.326 e. The number of nitrogens with two attached hydrogens (primary N) is 1. The van der Waals surface area contributed by atoms with E-state index in [0.717, 1.165) is 0 Å². The third-order valence-electron chi connectivity index (χ3n) is 4.25. The number of aliphatic carboxylic acids is 1. The van der Waals surface area contributed by atoms with Crippen molar-refractivity contribution in [1.29, 1.82) is 0 Å². The normalized spacial score (nSPS) is 13.5. The molecule has 0 bridgehead atoms. The maximum atomic E-state index is 12.7. The topological polar surface area (TPSA) is 191 Å². The zero-order valence-corrected chi connectivity index (χ0v) is 17.9. The van der Waals surface area contributed by atoms with Gasteiger partial charge in [0.25, 0.3) is 0 Å². The van der Waals surface area contributed by atoms with E-state index in [9.17, 15) is 34.5 Å². The van der Waals surface area contributed by atoms with Crippen LogP contribution in [0.5, 0.6) is 5.75 Å². The van der Waals surface area contributed by atoms with E-state index >= 15 is 0 Å². The summed E-state index contributed by atoms with van der Waals surface area (Å²) in [4.78, 5) is 48.1. The summed E-state index contributed by atoms with van der Waals surface area (Å²) in [7, 11) is 0. The number of phenols is 1. The van der Waals surface area contributed by atoms with Gasteiger partial charge in [0.1, 0.15) is 23.9 Å². The first-order chi connectivity index (χ1) is 14.7. The number of hydrogen-bond acceptors (Lipinski definition) is 8. The Morgan fingerprint density at radius 2 is 1.58 bits per heavy atom. The standard InChI is InChI=1S/C19H28N4O7S/c1-31-7-6-13(19(29)30)22-18(28)15(10-24)23-17(27)14(21-16(26)9-20)8-11-2-4-12(25)5-3-11/h2-5,13-15,24-25H,6-10,20H2,1H3,(H,21,26)(H,22,28)(H,23,27)(H,29,30). The second-order valence-corrected chi connectivity index (χ2v) is 7.61. The molecule has 0 aliphatic heterocycles. The minimum atomic E-state index is -1.42. The van der Waals surface area contributed by atoms with Crippen molar-refractivity contribution in [3.8, 4) is 5.75 Å². The number of nitrogens with one attached hydrogen (secondary N) is 3. The van der Waals surface area contributed by atoms with Crippen molar-refractivity contribution in [3.05, 3.63) is 29.8 Å². The van der Waals surface area contributed by atoms with Crippen LogP contribution in [0.3, 0.4) is 0 Å². The maximum absolute atomic E-state index is 12.7. The quantitative estimate of drug-likeness (QED) is 0.179. The molecule has 3 amide bonds. The van der Waals surface area contributed by atoms with Gasteiger partial charge in [0, 0.05) is 6.42 Å². The van der Waals surface area contributed by atoms with Gasteiger partial charge >= 0.3 is 5.97 Å². The summed E-state index contributed by atoms with van der Waals surface area (Å²) in [6.07, 6.45) is 1.99. The van der Waals surface area contributed by atoms with E-state index in [1.807, 2.05) is 0 Å². The number of benzene rings is 1. The van der Waals surface area contributed by atoms with Crippen LogP contribution in [0.4, 0.5) is 0 Å². The van der Waals surface area contributed by atoms with Gasteiger partial charge in [-0.1, -0.05) is 12.1 Å². The van der Waals surface area contributed by atoms with Crippen LogP contribution >= 0.6 is 11.8 Å². The Kier molecular flexibility index (Phi) is 11.4. The van der Waals surface area contributed by atoms with Gasteiger partial charge in [-0.2, -0.15) is 11.8 Å². The van der Waals surface area contributed by atoms with Gasteiger partial charge < -0.3 is 37.0 Å². The molecule has 3 atom stereocenters. The van der Waals surface area contributed by atoms with Gasteiger partial charge in [0.15, 0.2) is 0 Å². The van der Waals surface area contributed by atoms with Gasteiger partial charge in [-0.25, -0.2) is 4.79 Å². The second-order valence-electron chi connectivity index (χ2n) is 6.62. The predicted molar refractivity (Wildman–Crippen MR) is 114 cm³/mol. The first-order valence-corrected chi connectivity index (χ1v) is 10.8. The highest BCUT2D eigenvalue weighted by Crippen LogP contribution is 2.11. The van der Waals surface area contributed by atoms with Crippen LogP contribution in [0.1, 0.15) is 12.0 Å². The monoisotopic (exact) mass is 456 g/mol. The smallest absolute Gasteiger partial charge is 0.326 e. The van der Waals surface area contributed by atoms with E-state index in [1.165, 1.54) is 23.9 Å². The van der Waals surface area contributed by atoms with Crippen molar-refractivity contribution >= 4 is 35.5 Å². The fraction of sp³-hybridized carbons (Fsp3) is 0.474. The number of thioether (sulfide) groups is 1. The fourth-order valence-electron chi connectivity index (χ4n) is 2.56. The third kappa shape index (κ3) is 9.24. The molecule has 12 heteroatoms. The summed E-state index contributed by atoms with van der Waals surface area (Å²) in [5.41, 5.74) is 5.91. The van der Waals surface area contributed by atoms with Crippen molar-refractivity contribution in [2.45, 2.75) is 31.0 Å². The molecule has 1 aromatic rings. The molecule has 1 rings (SSSR count). The van der Waals surface area contributed by atoms with Crippen molar-refractivity contribution < 1.29 is 34.5 Å². The van der Waals surface area contributed by atoms with Crippen molar-refractivity contribution in [3.63, 3.8) is 0 Å². The number of carbonyl (C=O) groups is 4. The molecule has 31 heavy (non-hydrogen) atoms. The molecular formula is C19H28N4O7S. The highest BCUT2D eigenvalue weighted by molar-refractivity contribution is 7.98. The van der Waals surface area contributed by atoms with Crippen LogP contribution in [0.2, 0.25) is 0 Å². The number of carbonyl (C=O) groups excluding carboxylic acids is 3. The lowest BCUT2D eigenvalue weighted by atomic mass is 10.0. The number of carboxylic acid groups (broad SMARTS) is 1. The van der Waals surface area contributed by atoms with Crippen LogP contribution in [-0.2, 0) is 25.6 Å². The minimum absolute atomic E-state index is 0.0298. The van der Waals surface area contributed by atoms with E-state index in [1.54, 1.807) is 18.4 Å². The van der Waals surface area contributed by atoms with E-state index in [4.69, 9.17) is 5.73 Å². The summed E-state index contributed by atoms with van der Waals surface area (Å²) >= 11 is 1.41. The highest BCUT2D eigenvalue weighted by atomic mass is 32.2. The minimum Gasteiger partial charge on any atom is -0.508 e. The lowest BCUT2D eigenvalue weighted by molar-refractivity contribution is -0.142. The van der Waals surface area contributed by atoms with Crippen molar-refractivity contribution in [2.75, 3.05) is 25.2 Å². The lowest BCUT2D eigenvalue weighted by Gasteiger charge is -2.23. The van der Waals surface area contributed by atoms with Gasteiger partial charge in [0.05, 0.1) is 13.2 Å². The molecule has 8 N–H and O–H groups in total. The van der Waals surface area contributed by atoms with Crippen LogP contribution in [0.25, 0.3) is 0 Å². The van der Waals surface area contributed by atoms with E-state index < -0.39 is 48.4 Å². The average Bonchev–Trinajstić information content (AvgIpc) is 2.75. The summed E-state index contributed by atoms with van der Waals surface area (Å²) in [6.45, 7) is -1.14. The first kappa shape index (κ1) is 26.2. The SMILES string of the molecule is CSCCC(NC(=O)C(CO)NC(=O)C(Cc1ccc(O)cc1)NC(=O)CN)C(=O)O. The molecule has 0 spiro atoms. The lowest BCUT2D eigenvalue weighted by Crippen LogP contribution is -2.57. The number of amides is 3. The summed E-state index contributed by atoms with van der Waals surface area (Å²) < 4.78 is 0. The third-order valence-corrected chi connectivity index (χ3v) is 4.90. The average molecular weight is 457 g/mol. The van der Waals surface area contributed by atoms with E-state index in [2.05, 4.69) is 16.0 Å². The number of rotatable bonds is 13. The van der Waals surface area contributed by atoms with Gasteiger partial charge in [-0.05, 0) is 36.1 Å². The molecule has 11 nitrogen and oxygen atoms in total. The molecule has 0 saturated heterocycles. The highest BCUT2D eigenvalue weighted by Gasteiger charge is 2.29. The second kappa shape index (κ2) is 13.5. The van der Waals surface area contributed by atoms with Gasteiger partial charge in [0.2, 0.25) is 17.7 Å². The Morgan fingerprint density at radius 3 is 2.10 bits per heavy atom. The summed E-state index contributed by atoms with van der Waals surface area (Å²) in [6, 6.07) is 2.25. The van der Waals surface area contributed by atoms with Crippen LogP contribution in [0, 0.1) is 0 Å². The summed E-state index contributed by atoms with van der Waals surface area (Å²) in [5, 5.41) is 35.2. The molecule has 0 aromatic heterocycles. The molecule has 3 unspecified atom stereocenters. The van der Waals surface area contributed by atoms with Crippen LogP contribution < -0.4 is 21.7 Å². The largest absolute Gasteiger partial charge is 0.508 e. The molecule has 1 aromatic carbocycles. The molecule has 0 saturated carbocycles. The van der Waals surface area contributed by atoms with Crippen molar-refractivity contribution in [1.82, 2.24) is 16.0 Å². The first-order valence-electron chi connectivity index (χ1n) is 9.42. The molecule has 0 aliphatic carbocycles. The van der Waals surface area contributed by atoms with Crippen LogP contribution in [-0.4, -0.2) is 82.3 Å². The van der Waals surface area contributed by atoms with Crippen LogP contribution in [0.15, 0.2) is 24.3 Å². The van der Waals surface area contributed by atoms with Crippen molar-refractivity contribution in [2.24, 2.45) is 5.73 Å².